The van der Waals surface area contributed by atoms with E-state index in [1.807, 2.05) is 41.9 Å². The zero-order valence-corrected chi connectivity index (χ0v) is 11.7. The fraction of sp³-hybridized carbons (Fsp3) is 0.467. The molecule has 0 spiro atoms. The molecule has 0 saturated heterocycles. The Morgan fingerprint density at radius 2 is 1.84 bits per heavy atom. The van der Waals surface area contributed by atoms with Crippen molar-refractivity contribution in [3.63, 3.8) is 0 Å². The number of aliphatic hydroxyl groups is 1. The maximum absolute atomic E-state index is 10.4. The van der Waals surface area contributed by atoms with Crippen LogP contribution in [0.5, 0.6) is 0 Å². The van der Waals surface area contributed by atoms with Crippen LogP contribution in [0.25, 0.3) is 0 Å². The summed E-state index contributed by atoms with van der Waals surface area (Å²) in [5.74, 6) is 1.03. The molecule has 0 bridgehead atoms. The zero-order valence-electron chi connectivity index (χ0n) is 11.7. The maximum atomic E-state index is 10.4. The minimum Gasteiger partial charge on any atom is -0.388 e. The molecule has 4 heteroatoms. The van der Waals surface area contributed by atoms with Crippen molar-refractivity contribution < 1.29 is 5.11 Å². The molecule has 0 amide bonds. The first kappa shape index (κ1) is 13.7. The molecule has 102 valence electrons. The summed E-state index contributed by atoms with van der Waals surface area (Å²) in [7, 11) is 0. The first-order chi connectivity index (χ1) is 9.09. The summed E-state index contributed by atoms with van der Waals surface area (Å²) in [6, 6.07) is 10.0. The third-order valence-corrected chi connectivity index (χ3v) is 3.32. The molecule has 2 atom stereocenters. The van der Waals surface area contributed by atoms with Crippen LogP contribution >= 0.6 is 0 Å². The highest BCUT2D eigenvalue weighted by molar-refractivity contribution is 5.18. The standard InChI is InChI=1S/C15H21N3O/c1-11(2)18-14(16-10-17-18)9-12(3)15(19)13-7-5-4-6-8-13/h4-8,10-12,15,19H,9H2,1-3H3. The largest absolute Gasteiger partial charge is 0.388 e. The van der Waals surface area contributed by atoms with Gasteiger partial charge in [-0.15, -0.1) is 0 Å². The molecule has 0 fully saturated rings. The van der Waals surface area contributed by atoms with E-state index in [0.29, 0.717) is 12.5 Å². The lowest BCUT2D eigenvalue weighted by molar-refractivity contribution is 0.115. The van der Waals surface area contributed by atoms with Gasteiger partial charge in [-0.05, 0) is 25.3 Å². The summed E-state index contributed by atoms with van der Waals surface area (Å²) in [6.07, 6.45) is 1.82. The molecule has 19 heavy (non-hydrogen) atoms. The van der Waals surface area contributed by atoms with E-state index >= 15 is 0 Å². The normalized spacial score (nSPS) is 14.6. The SMILES string of the molecule is CC(Cc1ncnn1C(C)C)C(O)c1ccccc1. The first-order valence-corrected chi connectivity index (χ1v) is 6.71. The molecule has 2 rings (SSSR count). The van der Waals surface area contributed by atoms with Crippen LogP contribution in [0.4, 0.5) is 0 Å². The second-order valence-electron chi connectivity index (χ2n) is 5.25. The van der Waals surface area contributed by atoms with Crippen molar-refractivity contribution in [1.82, 2.24) is 14.8 Å². The van der Waals surface area contributed by atoms with E-state index in [4.69, 9.17) is 0 Å². The molecule has 0 aliphatic heterocycles. The number of aliphatic hydroxyl groups excluding tert-OH is 1. The first-order valence-electron chi connectivity index (χ1n) is 6.71. The Hall–Kier alpha value is -1.68. The van der Waals surface area contributed by atoms with Crippen molar-refractivity contribution >= 4 is 0 Å². The van der Waals surface area contributed by atoms with Crippen molar-refractivity contribution in [1.29, 1.82) is 0 Å². The quantitative estimate of drug-likeness (QED) is 0.898. The van der Waals surface area contributed by atoms with Gasteiger partial charge in [-0.25, -0.2) is 9.67 Å². The molecule has 2 unspecified atom stereocenters. The van der Waals surface area contributed by atoms with E-state index in [-0.39, 0.29) is 5.92 Å². The van der Waals surface area contributed by atoms with Gasteiger partial charge in [-0.1, -0.05) is 37.3 Å². The molecule has 1 aromatic heterocycles. The molecule has 0 saturated carbocycles. The summed E-state index contributed by atoms with van der Waals surface area (Å²) < 4.78 is 1.91. The summed E-state index contributed by atoms with van der Waals surface area (Å²) in [4.78, 5) is 4.29. The van der Waals surface area contributed by atoms with E-state index in [1.54, 1.807) is 6.33 Å². The summed E-state index contributed by atoms with van der Waals surface area (Å²) in [5, 5.41) is 14.6. The third kappa shape index (κ3) is 3.20. The van der Waals surface area contributed by atoms with Crippen LogP contribution in [0, 0.1) is 5.92 Å². The van der Waals surface area contributed by atoms with Crippen LogP contribution in [0.3, 0.4) is 0 Å². The Bertz CT molecular complexity index is 507. The van der Waals surface area contributed by atoms with Crippen LogP contribution in [-0.4, -0.2) is 19.9 Å². The maximum Gasteiger partial charge on any atom is 0.138 e. The van der Waals surface area contributed by atoms with Crippen molar-refractivity contribution in [2.24, 2.45) is 5.92 Å². The van der Waals surface area contributed by atoms with E-state index in [0.717, 1.165) is 11.4 Å². The number of nitrogens with zero attached hydrogens (tertiary/aromatic N) is 3. The smallest absolute Gasteiger partial charge is 0.138 e. The van der Waals surface area contributed by atoms with Crippen LogP contribution in [0.15, 0.2) is 36.7 Å². The van der Waals surface area contributed by atoms with E-state index < -0.39 is 6.10 Å². The second kappa shape index (κ2) is 5.97. The molecule has 0 aliphatic rings. The van der Waals surface area contributed by atoms with Gasteiger partial charge in [-0.2, -0.15) is 5.10 Å². The molecule has 1 aromatic carbocycles. The number of aromatic nitrogens is 3. The minimum atomic E-state index is -0.474. The highest BCUT2D eigenvalue weighted by atomic mass is 16.3. The lowest BCUT2D eigenvalue weighted by atomic mass is 9.94. The van der Waals surface area contributed by atoms with E-state index in [2.05, 4.69) is 23.9 Å². The topological polar surface area (TPSA) is 50.9 Å². The predicted molar refractivity (Wildman–Crippen MR) is 74.7 cm³/mol. The molecule has 1 heterocycles. The number of hydrogen-bond donors (Lipinski definition) is 1. The Morgan fingerprint density at radius 1 is 1.16 bits per heavy atom. The lowest BCUT2D eigenvalue weighted by Gasteiger charge is -2.19. The van der Waals surface area contributed by atoms with Crippen molar-refractivity contribution in [3.8, 4) is 0 Å². The Kier molecular flexibility index (Phi) is 4.32. The highest BCUT2D eigenvalue weighted by Gasteiger charge is 2.19. The average Bonchev–Trinajstić information content (AvgIpc) is 2.87. The molecule has 4 nitrogen and oxygen atoms in total. The van der Waals surface area contributed by atoms with Gasteiger partial charge in [0, 0.05) is 12.5 Å². The molecule has 0 aliphatic carbocycles. The summed E-state index contributed by atoms with van der Waals surface area (Å²) in [6.45, 7) is 6.20. The van der Waals surface area contributed by atoms with Gasteiger partial charge in [0.2, 0.25) is 0 Å². The third-order valence-electron chi connectivity index (χ3n) is 3.32. The Morgan fingerprint density at radius 3 is 2.47 bits per heavy atom. The van der Waals surface area contributed by atoms with Crippen LogP contribution < -0.4 is 0 Å². The molecular formula is C15H21N3O. The van der Waals surface area contributed by atoms with Gasteiger partial charge in [0.05, 0.1) is 6.10 Å². The summed E-state index contributed by atoms with van der Waals surface area (Å²) >= 11 is 0. The fourth-order valence-corrected chi connectivity index (χ4v) is 2.23. The van der Waals surface area contributed by atoms with Crippen molar-refractivity contribution in [3.05, 3.63) is 48.0 Å². The minimum absolute atomic E-state index is 0.101. The van der Waals surface area contributed by atoms with Gasteiger partial charge in [0.1, 0.15) is 12.2 Å². The molecular weight excluding hydrogens is 238 g/mol. The number of benzene rings is 1. The zero-order chi connectivity index (χ0) is 13.8. The van der Waals surface area contributed by atoms with Crippen LogP contribution in [0.1, 0.15) is 44.3 Å². The van der Waals surface area contributed by atoms with Crippen LogP contribution in [-0.2, 0) is 6.42 Å². The van der Waals surface area contributed by atoms with Crippen LogP contribution in [0.2, 0.25) is 0 Å². The van der Waals surface area contributed by atoms with Gasteiger partial charge >= 0.3 is 0 Å². The molecule has 0 radical (unpaired) electrons. The predicted octanol–water partition coefficient (Wildman–Crippen LogP) is 2.77. The average molecular weight is 259 g/mol. The number of rotatable bonds is 5. The van der Waals surface area contributed by atoms with Crippen molar-refractivity contribution in [2.75, 3.05) is 0 Å². The van der Waals surface area contributed by atoms with E-state index in [9.17, 15) is 5.11 Å². The molecule has 2 aromatic rings. The Balaban J connectivity index is 2.08. The Labute approximate surface area is 114 Å². The second-order valence-corrected chi connectivity index (χ2v) is 5.25. The number of hydrogen-bond acceptors (Lipinski definition) is 3. The van der Waals surface area contributed by atoms with Gasteiger partial charge in [-0.3, -0.25) is 0 Å². The van der Waals surface area contributed by atoms with Gasteiger partial charge in [0.15, 0.2) is 0 Å². The monoisotopic (exact) mass is 259 g/mol. The van der Waals surface area contributed by atoms with E-state index in [1.165, 1.54) is 0 Å². The highest BCUT2D eigenvalue weighted by Crippen LogP contribution is 2.24. The fourth-order valence-electron chi connectivity index (χ4n) is 2.23. The lowest BCUT2D eigenvalue weighted by Crippen LogP contribution is -2.16. The van der Waals surface area contributed by atoms with Crippen molar-refractivity contribution in [2.45, 2.75) is 39.3 Å². The van der Waals surface area contributed by atoms with Gasteiger partial charge < -0.3 is 5.11 Å². The molecule has 1 N–H and O–H groups in total. The summed E-state index contributed by atoms with van der Waals surface area (Å²) in [5.41, 5.74) is 0.950. The van der Waals surface area contributed by atoms with Gasteiger partial charge in [0.25, 0.3) is 0 Å².